The molecule has 0 fully saturated rings. The number of nitrogen functional groups attached to an aromatic ring is 1. The highest BCUT2D eigenvalue weighted by atomic mass is 32.1. The average molecular weight is 203 g/mol. The van der Waals surface area contributed by atoms with Crippen LogP contribution >= 0.6 is 11.3 Å². The average Bonchev–Trinajstić information content (AvgIpc) is 2.68. The first-order valence-electron chi connectivity index (χ1n) is 4.38. The first kappa shape index (κ1) is 7.82. The van der Waals surface area contributed by atoms with Crippen molar-refractivity contribution in [3.63, 3.8) is 0 Å². The lowest BCUT2D eigenvalue weighted by molar-refractivity contribution is 1.17. The number of hydrogen-bond donors (Lipinski definition) is 1. The van der Waals surface area contributed by atoms with Crippen molar-refractivity contribution in [3.8, 4) is 0 Å². The van der Waals surface area contributed by atoms with E-state index >= 15 is 0 Å². The third-order valence-corrected chi connectivity index (χ3v) is 3.32. The van der Waals surface area contributed by atoms with E-state index in [1.165, 1.54) is 5.69 Å². The third kappa shape index (κ3) is 0.834. The van der Waals surface area contributed by atoms with Gasteiger partial charge < -0.3 is 5.73 Å². The fourth-order valence-electron chi connectivity index (χ4n) is 1.71. The van der Waals surface area contributed by atoms with Gasteiger partial charge in [-0.25, -0.2) is 4.98 Å². The highest BCUT2D eigenvalue weighted by Gasteiger charge is 2.09. The molecule has 0 unspecified atom stereocenters. The van der Waals surface area contributed by atoms with Gasteiger partial charge in [0.25, 0.3) is 0 Å². The molecule has 2 aromatic heterocycles. The highest BCUT2D eigenvalue weighted by molar-refractivity contribution is 7.15. The van der Waals surface area contributed by atoms with Crippen LogP contribution in [-0.2, 0) is 0 Å². The zero-order chi connectivity index (χ0) is 9.71. The van der Waals surface area contributed by atoms with Gasteiger partial charge in [-0.15, -0.1) is 11.3 Å². The molecule has 0 aliphatic rings. The molecule has 3 aromatic rings. The lowest BCUT2D eigenvalue weighted by atomic mass is 10.3. The van der Waals surface area contributed by atoms with Crippen molar-refractivity contribution in [2.45, 2.75) is 6.92 Å². The molecular formula is C10H9N3S. The largest absolute Gasteiger partial charge is 0.397 e. The van der Waals surface area contributed by atoms with Crippen molar-refractivity contribution < 1.29 is 0 Å². The van der Waals surface area contributed by atoms with E-state index in [9.17, 15) is 0 Å². The molecule has 3 rings (SSSR count). The van der Waals surface area contributed by atoms with Gasteiger partial charge in [0.1, 0.15) is 5.52 Å². The van der Waals surface area contributed by atoms with E-state index in [1.807, 2.05) is 18.2 Å². The second-order valence-corrected chi connectivity index (χ2v) is 4.16. The van der Waals surface area contributed by atoms with E-state index in [0.29, 0.717) is 0 Å². The smallest absolute Gasteiger partial charge is 0.194 e. The van der Waals surface area contributed by atoms with Gasteiger partial charge in [-0.3, -0.25) is 4.40 Å². The van der Waals surface area contributed by atoms with Crippen LogP contribution in [0.2, 0.25) is 0 Å². The maximum atomic E-state index is 5.86. The Bertz CT molecular complexity index is 617. The molecule has 0 radical (unpaired) electrons. The number of para-hydroxylation sites is 1. The molecule has 4 heteroatoms. The minimum Gasteiger partial charge on any atom is -0.397 e. The number of anilines is 1. The van der Waals surface area contributed by atoms with Crippen LogP contribution < -0.4 is 5.73 Å². The molecule has 3 nitrogen and oxygen atoms in total. The monoisotopic (exact) mass is 203 g/mol. The van der Waals surface area contributed by atoms with Crippen molar-refractivity contribution in [1.82, 2.24) is 9.38 Å². The number of aromatic nitrogens is 2. The maximum Gasteiger partial charge on any atom is 0.194 e. The Morgan fingerprint density at radius 3 is 3.14 bits per heavy atom. The van der Waals surface area contributed by atoms with Gasteiger partial charge in [-0.2, -0.15) is 0 Å². The summed E-state index contributed by atoms with van der Waals surface area (Å²) in [5.74, 6) is 0. The predicted molar refractivity (Wildman–Crippen MR) is 59.7 cm³/mol. The number of thiazole rings is 1. The fourth-order valence-corrected chi connectivity index (χ4v) is 2.58. The number of rotatable bonds is 0. The van der Waals surface area contributed by atoms with Crippen molar-refractivity contribution in [1.29, 1.82) is 0 Å². The van der Waals surface area contributed by atoms with Crippen molar-refractivity contribution in [2.75, 3.05) is 5.73 Å². The zero-order valence-electron chi connectivity index (χ0n) is 7.69. The van der Waals surface area contributed by atoms with E-state index in [2.05, 4.69) is 21.7 Å². The SMILES string of the molecule is Cc1csc2nc3c(N)cccc3n12. The number of imidazole rings is 1. The summed E-state index contributed by atoms with van der Waals surface area (Å²) >= 11 is 1.64. The summed E-state index contributed by atoms with van der Waals surface area (Å²) < 4.78 is 2.14. The number of fused-ring (bicyclic) bond motifs is 3. The Hall–Kier alpha value is -1.55. The van der Waals surface area contributed by atoms with Crippen LogP contribution in [0.4, 0.5) is 5.69 Å². The molecule has 0 saturated heterocycles. The topological polar surface area (TPSA) is 43.3 Å². The third-order valence-electron chi connectivity index (χ3n) is 2.37. The fraction of sp³-hybridized carbons (Fsp3) is 0.100. The molecule has 0 bridgehead atoms. The normalized spacial score (nSPS) is 11.5. The summed E-state index contributed by atoms with van der Waals surface area (Å²) in [4.78, 5) is 5.50. The maximum absolute atomic E-state index is 5.86. The molecule has 0 saturated carbocycles. The number of benzene rings is 1. The zero-order valence-corrected chi connectivity index (χ0v) is 8.51. The first-order valence-corrected chi connectivity index (χ1v) is 5.26. The molecule has 0 spiro atoms. The summed E-state index contributed by atoms with van der Waals surface area (Å²) in [5.41, 5.74) is 9.81. The second kappa shape index (κ2) is 2.48. The van der Waals surface area contributed by atoms with Crippen molar-refractivity contribution in [3.05, 3.63) is 29.3 Å². The van der Waals surface area contributed by atoms with Gasteiger partial charge in [0.15, 0.2) is 4.96 Å². The van der Waals surface area contributed by atoms with Crippen LogP contribution in [0.3, 0.4) is 0 Å². The Morgan fingerprint density at radius 2 is 2.29 bits per heavy atom. The Labute approximate surface area is 84.8 Å². The number of nitrogens with two attached hydrogens (primary N) is 1. The minimum atomic E-state index is 0.748. The quantitative estimate of drug-likeness (QED) is 0.570. The van der Waals surface area contributed by atoms with Crippen molar-refractivity contribution in [2.24, 2.45) is 0 Å². The summed E-state index contributed by atoms with van der Waals surface area (Å²) in [6.07, 6.45) is 0. The van der Waals surface area contributed by atoms with E-state index in [0.717, 1.165) is 21.7 Å². The number of aryl methyl sites for hydroxylation is 1. The molecule has 0 atom stereocenters. The van der Waals surface area contributed by atoms with Gasteiger partial charge in [-0.05, 0) is 19.1 Å². The lowest BCUT2D eigenvalue weighted by Gasteiger charge is -1.95. The Morgan fingerprint density at radius 1 is 1.43 bits per heavy atom. The van der Waals surface area contributed by atoms with Crippen LogP contribution in [0.15, 0.2) is 23.6 Å². The van der Waals surface area contributed by atoms with Gasteiger partial charge in [0.05, 0.1) is 11.2 Å². The highest BCUT2D eigenvalue weighted by Crippen LogP contribution is 2.26. The summed E-state index contributed by atoms with van der Waals surface area (Å²) in [6, 6.07) is 5.89. The van der Waals surface area contributed by atoms with Gasteiger partial charge in [-0.1, -0.05) is 6.07 Å². The molecule has 14 heavy (non-hydrogen) atoms. The molecule has 70 valence electrons. The van der Waals surface area contributed by atoms with Crippen LogP contribution in [0.25, 0.3) is 16.0 Å². The van der Waals surface area contributed by atoms with Crippen molar-refractivity contribution >= 4 is 33.0 Å². The lowest BCUT2D eigenvalue weighted by Crippen LogP contribution is -1.87. The Kier molecular flexibility index (Phi) is 1.39. The molecule has 2 N–H and O–H groups in total. The summed E-state index contributed by atoms with van der Waals surface area (Å²) in [6.45, 7) is 2.08. The van der Waals surface area contributed by atoms with E-state index in [1.54, 1.807) is 11.3 Å². The van der Waals surface area contributed by atoms with Gasteiger partial charge in [0, 0.05) is 11.1 Å². The van der Waals surface area contributed by atoms with Gasteiger partial charge in [0.2, 0.25) is 0 Å². The molecule has 1 aromatic carbocycles. The number of nitrogens with zero attached hydrogens (tertiary/aromatic N) is 2. The van der Waals surface area contributed by atoms with E-state index < -0.39 is 0 Å². The van der Waals surface area contributed by atoms with Crippen LogP contribution in [0, 0.1) is 6.92 Å². The molecule has 0 aliphatic carbocycles. The molecule has 0 aliphatic heterocycles. The number of hydrogen-bond acceptors (Lipinski definition) is 3. The van der Waals surface area contributed by atoms with Gasteiger partial charge >= 0.3 is 0 Å². The Balaban J connectivity index is 2.65. The molecular weight excluding hydrogens is 194 g/mol. The molecule has 2 heterocycles. The summed E-state index contributed by atoms with van der Waals surface area (Å²) in [5, 5.41) is 2.10. The van der Waals surface area contributed by atoms with E-state index in [-0.39, 0.29) is 0 Å². The standard InChI is InChI=1S/C10H9N3S/c1-6-5-14-10-12-9-7(11)3-2-4-8(9)13(6)10/h2-5H,11H2,1H3. The minimum absolute atomic E-state index is 0.748. The van der Waals surface area contributed by atoms with Crippen LogP contribution in [-0.4, -0.2) is 9.38 Å². The summed E-state index contributed by atoms with van der Waals surface area (Å²) in [7, 11) is 0. The second-order valence-electron chi connectivity index (χ2n) is 3.32. The first-order chi connectivity index (χ1) is 6.77. The van der Waals surface area contributed by atoms with Crippen LogP contribution in [0.1, 0.15) is 5.69 Å². The molecule has 0 amide bonds. The van der Waals surface area contributed by atoms with Crippen LogP contribution in [0.5, 0.6) is 0 Å². The predicted octanol–water partition coefficient (Wildman–Crippen LogP) is 2.44. The van der Waals surface area contributed by atoms with E-state index in [4.69, 9.17) is 5.73 Å².